The highest BCUT2D eigenvalue weighted by Gasteiger charge is 2.69. The average Bonchev–Trinajstić information content (AvgIpc) is 3.40. The van der Waals surface area contributed by atoms with Gasteiger partial charge >= 0.3 is 6.03 Å². The SMILES string of the molecule is C=CCCC(NC(=O)C1C2C(CN1C(=O)C(NC(=O)NC1CCCCC1)C1Cc3ccccc3C1)C2(C)C)C(=O)C(=O)NCC=C. The summed E-state index contributed by atoms with van der Waals surface area (Å²) in [4.78, 5) is 69.3. The molecular weight excluding hydrogens is 582 g/mol. The topological polar surface area (TPSA) is 137 Å². The number of ketones is 1. The molecule has 5 rings (SSSR count). The first kappa shape index (κ1) is 33.4. The molecule has 1 heterocycles. The number of nitrogens with zero attached hydrogens (tertiary/aromatic N) is 1. The Morgan fingerprint density at radius 1 is 0.978 bits per heavy atom. The maximum atomic E-state index is 14.6. The molecule has 4 aliphatic rings. The lowest BCUT2D eigenvalue weighted by Crippen LogP contribution is -2.60. The number of piperidine rings is 1. The predicted octanol–water partition coefficient (Wildman–Crippen LogP) is 3.21. The van der Waals surface area contributed by atoms with Crippen LogP contribution >= 0.6 is 0 Å². The molecule has 5 atom stereocenters. The van der Waals surface area contributed by atoms with Crippen molar-refractivity contribution >= 4 is 29.5 Å². The summed E-state index contributed by atoms with van der Waals surface area (Å²) < 4.78 is 0. The third-order valence-electron chi connectivity index (χ3n) is 10.7. The highest BCUT2D eigenvalue weighted by atomic mass is 16.2. The fourth-order valence-electron chi connectivity index (χ4n) is 8.04. The van der Waals surface area contributed by atoms with Crippen LogP contribution in [0.3, 0.4) is 0 Å². The van der Waals surface area contributed by atoms with Crippen molar-refractivity contribution in [2.24, 2.45) is 23.2 Å². The van der Waals surface area contributed by atoms with E-state index in [2.05, 4.69) is 60.4 Å². The average molecular weight is 632 g/mol. The van der Waals surface area contributed by atoms with Gasteiger partial charge in [0.25, 0.3) is 5.91 Å². The normalized spacial score (nSPS) is 24.5. The Morgan fingerprint density at radius 3 is 2.28 bits per heavy atom. The lowest BCUT2D eigenvalue weighted by atomic mass is 9.93. The van der Waals surface area contributed by atoms with Gasteiger partial charge in [-0.3, -0.25) is 19.2 Å². The Labute approximate surface area is 272 Å². The summed E-state index contributed by atoms with van der Waals surface area (Å²) in [5, 5.41) is 11.5. The van der Waals surface area contributed by atoms with Crippen LogP contribution in [-0.4, -0.2) is 71.7 Å². The molecule has 5 unspecified atom stereocenters. The number of urea groups is 1. The second-order valence-corrected chi connectivity index (χ2v) is 14.0. The number of allylic oxidation sites excluding steroid dienone is 1. The van der Waals surface area contributed by atoms with E-state index in [-0.39, 0.29) is 54.1 Å². The standard InChI is InChI=1S/C36H49N5O5/c1-5-7-17-27(31(42)33(44)37-18-6-2)39-32(43)30-28-26(36(28,3)4)21-41(30)34(45)29(24-19-22-13-11-12-14-23(22)20-24)40-35(46)38-25-15-9-8-10-16-25/h5-6,11-14,24-30H,1-2,7-10,15-21H2,3-4H3,(H,37,44)(H,39,43)(H2,38,40,46). The van der Waals surface area contributed by atoms with Crippen LogP contribution in [0.4, 0.5) is 4.79 Å². The molecular formula is C36H49N5O5. The van der Waals surface area contributed by atoms with Crippen LogP contribution in [0.15, 0.2) is 49.6 Å². The number of fused-ring (bicyclic) bond motifs is 2. The molecule has 0 spiro atoms. The number of benzene rings is 1. The van der Waals surface area contributed by atoms with Crippen LogP contribution in [0.25, 0.3) is 0 Å². The first-order chi connectivity index (χ1) is 22.1. The zero-order chi connectivity index (χ0) is 33.0. The molecule has 1 aliphatic heterocycles. The van der Waals surface area contributed by atoms with Gasteiger partial charge in [-0.15, -0.1) is 13.2 Å². The molecule has 0 bridgehead atoms. The second-order valence-electron chi connectivity index (χ2n) is 14.0. The fourth-order valence-corrected chi connectivity index (χ4v) is 8.04. The molecule has 46 heavy (non-hydrogen) atoms. The number of nitrogens with one attached hydrogen (secondary N) is 4. The number of carbonyl (C=O) groups is 5. The number of rotatable bonds is 13. The zero-order valence-corrected chi connectivity index (χ0v) is 27.2. The molecule has 1 aromatic rings. The van der Waals surface area contributed by atoms with Crippen LogP contribution in [0.1, 0.15) is 69.9 Å². The van der Waals surface area contributed by atoms with Gasteiger partial charge in [0.1, 0.15) is 12.1 Å². The van der Waals surface area contributed by atoms with E-state index in [4.69, 9.17) is 0 Å². The Hall–Kier alpha value is -3.95. The Balaban J connectivity index is 1.37. The fraction of sp³-hybridized carbons (Fsp3) is 0.583. The monoisotopic (exact) mass is 631 g/mol. The highest BCUT2D eigenvalue weighted by molar-refractivity contribution is 6.38. The van der Waals surface area contributed by atoms with Gasteiger partial charge in [-0.1, -0.05) is 69.5 Å². The van der Waals surface area contributed by atoms with E-state index in [1.807, 2.05) is 12.1 Å². The molecule has 3 fully saturated rings. The number of amides is 5. The number of carbonyl (C=O) groups excluding carboxylic acids is 5. The lowest BCUT2D eigenvalue weighted by Gasteiger charge is -2.35. The molecule has 1 saturated heterocycles. The maximum Gasteiger partial charge on any atom is 0.315 e. The van der Waals surface area contributed by atoms with Crippen molar-refractivity contribution in [3.05, 3.63) is 60.7 Å². The summed E-state index contributed by atoms with van der Waals surface area (Å²) in [7, 11) is 0. The van der Waals surface area contributed by atoms with Crippen molar-refractivity contribution in [1.29, 1.82) is 0 Å². The van der Waals surface area contributed by atoms with Crippen LogP contribution in [0.5, 0.6) is 0 Å². The molecule has 10 heteroatoms. The summed E-state index contributed by atoms with van der Waals surface area (Å²) >= 11 is 0. The van der Waals surface area contributed by atoms with Gasteiger partial charge in [0.15, 0.2) is 0 Å². The molecule has 3 aliphatic carbocycles. The van der Waals surface area contributed by atoms with Crippen LogP contribution in [0.2, 0.25) is 0 Å². The molecule has 4 N–H and O–H groups in total. The van der Waals surface area contributed by atoms with Crippen molar-refractivity contribution in [3.63, 3.8) is 0 Å². The van der Waals surface area contributed by atoms with E-state index in [9.17, 15) is 24.0 Å². The summed E-state index contributed by atoms with van der Waals surface area (Å²) in [6.07, 6.45) is 10.2. The Kier molecular flexibility index (Phi) is 10.3. The van der Waals surface area contributed by atoms with Crippen molar-refractivity contribution < 1.29 is 24.0 Å². The summed E-state index contributed by atoms with van der Waals surface area (Å²) in [5.41, 5.74) is 2.17. The molecule has 248 valence electrons. The van der Waals surface area contributed by atoms with Crippen molar-refractivity contribution in [3.8, 4) is 0 Å². The minimum atomic E-state index is -1.06. The minimum Gasteiger partial charge on any atom is -0.346 e. The lowest BCUT2D eigenvalue weighted by molar-refractivity contribution is -0.144. The Bertz CT molecular complexity index is 1340. The van der Waals surface area contributed by atoms with E-state index in [0.717, 1.165) is 43.2 Å². The summed E-state index contributed by atoms with van der Waals surface area (Å²) in [6, 6.07) is 5.12. The number of Topliss-reactive ketones (excluding diaryl/α,β-unsaturated/α-hetero) is 1. The maximum absolute atomic E-state index is 14.6. The molecule has 10 nitrogen and oxygen atoms in total. The van der Waals surface area contributed by atoms with Crippen molar-refractivity contribution in [2.75, 3.05) is 13.1 Å². The van der Waals surface area contributed by atoms with E-state index in [1.165, 1.54) is 6.08 Å². The highest BCUT2D eigenvalue weighted by Crippen LogP contribution is 2.65. The van der Waals surface area contributed by atoms with Gasteiger partial charge in [0.2, 0.25) is 17.6 Å². The summed E-state index contributed by atoms with van der Waals surface area (Å²) in [5.74, 6) is -2.43. The number of hydrogen-bond acceptors (Lipinski definition) is 5. The quantitative estimate of drug-likeness (QED) is 0.196. The smallest absolute Gasteiger partial charge is 0.315 e. The number of hydrogen-bond donors (Lipinski definition) is 4. The second kappa shape index (κ2) is 14.2. The third kappa shape index (κ3) is 7.05. The van der Waals surface area contributed by atoms with Gasteiger partial charge in [-0.2, -0.15) is 0 Å². The first-order valence-corrected chi connectivity index (χ1v) is 16.8. The van der Waals surface area contributed by atoms with E-state index >= 15 is 0 Å². The third-order valence-corrected chi connectivity index (χ3v) is 10.7. The summed E-state index contributed by atoms with van der Waals surface area (Å²) in [6.45, 7) is 12.0. The predicted molar refractivity (Wildman–Crippen MR) is 176 cm³/mol. The van der Waals surface area contributed by atoms with Crippen molar-refractivity contribution in [2.45, 2.75) is 95.8 Å². The van der Waals surface area contributed by atoms with Gasteiger partial charge in [0, 0.05) is 19.1 Å². The van der Waals surface area contributed by atoms with Gasteiger partial charge in [0.05, 0.1) is 6.04 Å². The Morgan fingerprint density at radius 2 is 1.65 bits per heavy atom. The van der Waals surface area contributed by atoms with E-state index in [0.29, 0.717) is 25.8 Å². The van der Waals surface area contributed by atoms with Crippen molar-refractivity contribution in [1.82, 2.24) is 26.2 Å². The van der Waals surface area contributed by atoms with Crippen LogP contribution in [0, 0.1) is 23.2 Å². The van der Waals surface area contributed by atoms with E-state index < -0.39 is 35.7 Å². The van der Waals surface area contributed by atoms with Crippen LogP contribution < -0.4 is 21.3 Å². The molecule has 1 aromatic carbocycles. The molecule has 5 amide bonds. The number of likely N-dealkylation sites (tertiary alicyclic amines) is 1. The van der Waals surface area contributed by atoms with Gasteiger partial charge in [-0.25, -0.2) is 4.79 Å². The van der Waals surface area contributed by atoms with Crippen LogP contribution in [-0.2, 0) is 32.0 Å². The largest absolute Gasteiger partial charge is 0.346 e. The first-order valence-electron chi connectivity index (χ1n) is 16.8. The molecule has 0 radical (unpaired) electrons. The molecule has 2 saturated carbocycles. The van der Waals surface area contributed by atoms with E-state index in [1.54, 1.807) is 11.0 Å². The zero-order valence-electron chi connectivity index (χ0n) is 27.2. The van der Waals surface area contributed by atoms with Gasteiger partial charge < -0.3 is 26.2 Å². The molecule has 0 aromatic heterocycles. The van der Waals surface area contributed by atoms with Gasteiger partial charge in [-0.05, 0) is 72.8 Å². The minimum absolute atomic E-state index is 0.0812.